The number of amides is 1. The maximum absolute atomic E-state index is 12.6. The largest absolute Gasteiger partial charge is 0.481 e. The summed E-state index contributed by atoms with van der Waals surface area (Å²) in [4.78, 5) is 23.0. The first-order chi connectivity index (χ1) is 11.4. The van der Waals surface area contributed by atoms with Crippen LogP contribution < -0.4 is 5.32 Å². The van der Waals surface area contributed by atoms with Gasteiger partial charge in [-0.15, -0.1) is 0 Å². The topological polar surface area (TPSA) is 66.4 Å². The van der Waals surface area contributed by atoms with Crippen LogP contribution in [0.3, 0.4) is 0 Å². The standard InChI is InChI=1S/C20H29NO3/c1-15-12-16(2)14-17(13-15)20(9-10-20)19(24)21-11-7-5-3-4-6-8-18(22)23/h12-14H,3-11H2,1-2H3,(H,21,24)(H,22,23). The molecule has 1 fully saturated rings. The molecule has 0 unspecified atom stereocenters. The van der Waals surface area contributed by atoms with Crippen molar-refractivity contribution in [2.24, 2.45) is 0 Å². The molecule has 0 aromatic heterocycles. The van der Waals surface area contributed by atoms with Crippen LogP contribution in [-0.2, 0) is 15.0 Å². The zero-order valence-corrected chi connectivity index (χ0v) is 14.9. The lowest BCUT2D eigenvalue weighted by Crippen LogP contribution is -2.35. The summed E-state index contributed by atoms with van der Waals surface area (Å²) in [6, 6.07) is 6.42. The molecule has 2 N–H and O–H groups in total. The van der Waals surface area contributed by atoms with E-state index in [-0.39, 0.29) is 17.7 Å². The number of rotatable bonds is 10. The van der Waals surface area contributed by atoms with Gasteiger partial charge in [-0.3, -0.25) is 9.59 Å². The van der Waals surface area contributed by atoms with Gasteiger partial charge < -0.3 is 10.4 Å². The molecule has 2 rings (SSSR count). The number of benzene rings is 1. The summed E-state index contributed by atoms with van der Waals surface area (Å²) in [5.74, 6) is -0.554. The summed E-state index contributed by atoms with van der Waals surface area (Å²) in [5, 5.41) is 11.7. The maximum atomic E-state index is 12.6. The number of carbonyl (C=O) groups excluding carboxylic acids is 1. The number of hydrogen-bond acceptors (Lipinski definition) is 2. The van der Waals surface area contributed by atoms with Crippen molar-refractivity contribution >= 4 is 11.9 Å². The van der Waals surface area contributed by atoms with Gasteiger partial charge in [-0.05, 0) is 45.1 Å². The lowest BCUT2D eigenvalue weighted by Gasteiger charge is -2.17. The lowest BCUT2D eigenvalue weighted by molar-refractivity contribution is -0.137. The monoisotopic (exact) mass is 331 g/mol. The number of nitrogens with one attached hydrogen (secondary N) is 1. The quantitative estimate of drug-likeness (QED) is 0.640. The summed E-state index contributed by atoms with van der Waals surface area (Å²) in [6.45, 7) is 4.87. The Morgan fingerprint density at radius 3 is 2.17 bits per heavy atom. The second-order valence-electron chi connectivity index (χ2n) is 7.13. The zero-order chi connectivity index (χ0) is 17.6. The molecule has 1 aromatic rings. The fourth-order valence-corrected chi connectivity index (χ4v) is 3.33. The van der Waals surface area contributed by atoms with Gasteiger partial charge >= 0.3 is 5.97 Å². The van der Waals surface area contributed by atoms with Crippen LogP contribution in [0.2, 0.25) is 0 Å². The molecule has 1 saturated carbocycles. The van der Waals surface area contributed by atoms with E-state index in [9.17, 15) is 9.59 Å². The summed E-state index contributed by atoms with van der Waals surface area (Å²) in [6.07, 6.45) is 6.87. The van der Waals surface area contributed by atoms with E-state index >= 15 is 0 Å². The number of aliphatic carboxylic acids is 1. The fourth-order valence-electron chi connectivity index (χ4n) is 3.33. The van der Waals surface area contributed by atoms with Gasteiger partial charge in [0, 0.05) is 13.0 Å². The van der Waals surface area contributed by atoms with Gasteiger partial charge in [0.2, 0.25) is 5.91 Å². The average Bonchev–Trinajstić information content (AvgIpc) is 3.30. The smallest absolute Gasteiger partial charge is 0.303 e. The Hall–Kier alpha value is -1.84. The predicted octanol–water partition coefficient (Wildman–Crippen LogP) is 3.88. The van der Waals surface area contributed by atoms with E-state index in [0.29, 0.717) is 6.54 Å². The highest BCUT2D eigenvalue weighted by Gasteiger charge is 2.51. The van der Waals surface area contributed by atoms with Gasteiger partial charge in [0.05, 0.1) is 5.41 Å². The summed E-state index contributed by atoms with van der Waals surface area (Å²) in [5.41, 5.74) is 3.29. The van der Waals surface area contributed by atoms with Crippen LogP contribution in [0.4, 0.5) is 0 Å². The third kappa shape index (κ3) is 5.08. The Labute approximate surface area is 144 Å². The first-order valence-corrected chi connectivity index (χ1v) is 9.03. The van der Waals surface area contributed by atoms with Crippen LogP contribution >= 0.6 is 0 Å². The van der Waals surface area contributed by atoms with Crippen LogP contribution in [0.25, 0.3) is 0 Å². The molecule has 1 aliphatic carbocycles. The van der Waals surface area contributed by atoms with Crippen LogP contribution in [0.5, 0.6) is 0 Å². The molecule has 0 aliphatic heterocycles. The first-order valence-electron chi connectivity index (χ1n) is 9.03. The molecule has 0 atom stereocenters. The minimum absolute atomic E-state index is 0.165. The highest BCUT2D eigenvalue weighted by Crippen LogP contribution is 2.48. The Morgan fingerprint density at radius 1 is 1.00 bits per heavy atom. The van der Waals surface area contributed by atoms with Crippen molar-refractivity contribution in [2.75, 3.05) is 6.54 Å². The van der Waals surface area contributed by atoms with Crippen LogP contribution in [0, 0.1) is 13.8 Å². The highest BCUT2D eigenvalue weighted by atomic mass is 16.4. The molecule has 0 spiro atoms. The van der Waals surface area contributed by atoms with Gasteiger partial charge in [-0.2, -0.15) is 0 Å². The van der Waals surface area contributed by atoms with Gasteiger partial charge in [-0.1, -0.05) is 48.6 Å². The summed E-state index contributed by atoms with van der Waals surface area (Å²) >= 11 is 0. The van der Waals surface area contributed by atoms with Gasteiger partial charge in [0.25, 0.3) is 0 Å². The van der Waals surface area contributed by atoms with E-state index in [1.54, 1.807) is 0 Å². The SMILES string of the molecule is Cc1cc(C)cc(C2(C(=O)NCCCCCCCC(=O)O)CC2)c1. The van der Waals surface area contributed by atoms with Gasteiger partial charge in [0.15, 0.2) is 0 Å². The normalized spacial score (nSPS) is 15.1. The predicted molar refractivity (Wildman–Crippen MR) is 95.2 cm³/mol. The Morgan fingerprint density at radius 2 is 1.58 bits per heavy atom. The molecule has 0 radical (unpaired) electrons. The molecule has 24 heavy (non-hydrogen) atoms. The van der Waals surface area contributed by atoms with Gasteiger partial charge in [0.1, 0.15) is 0 Å². The molecule has 1 aromatic carbocycles. The van der Waals surface area contributed by atoms with Crippen molar-refractivity contribution in [3.8, 4) is 0 Å². The Balaban J connectivity index is 1.70. The lowest BCUT2D eigenvalue weighted by atomic mass is 9.92. The molecule has 1 amide bonds. The molecule has 0 saturated heterocycles. The summed E-state index contributed by atoms with van der Waals surface area (Å²) < 4.78 is 0. The second-order valence-corrected chi connectivity index (χ2v) is 7.13. The van der Waals surface area contributed by atoms with E-state index < -0.39 is 5.97 Å². The molecule has 1 aliphatic rings. The maximum Gasteiger partial charge on any atom is 0.303 e. The van der Waals surface area contributed by atoms with E-state index in [1.807, 2.05) is 0 Å². The van der Waals surface area contributed by atoms with Crippen LogP contribution in [0.15, 0.2) is 18.2 Å². The molecule has 4 heteroatoms. The number of aryl methyl sites for hydroxylation is 2. The molecule has 132 valence electrons. The van der Waals surface area contributed by atoms with Crippen LogP contribution in [0.1, 0.15) is 68.1 Å². The zero-order valence-electron chi connectivity index (χ0n) is 14.9. The van der Waals surface area contributed by atoms with Crippen molar-refractivity contribution in [3.05, 3.63) is 34.9 Å². The van der Waals surface area contributed by atoms with E-state index in [4.69, 9.17) is 5.11 Å². The van der Waals surface area contributed by atoms with Crippen molar-refractivity contribution in [1.29, 1.82) is 0 Å². The second kappa shape index (κ2) is 8.32. The summed E-state index contributed by atoms with van der Waals surface area (Å²) in [7, 11) is 0. The molecular formula is C20H29NO3. The van der Waals surface area contributed by atoms with Crippen molar-refractivity contribution in [3.63, 3.8) is 0 Å². The fraction of sp³-hybridized carbons (Fsp3) is 0.600. The first kappa shape index (κ1) is 18.5. The molecule has 0 heterocycles. The molecule has 4 nitrogen and oxygen atoms in total. The van der Waals surface area contributed by atoms with Gasteiger partial charge in [-0.25, -0.2) is 0 Å². The van der Waals surface area contributed by atoms with E-state index in [0.717, 1.165) is 50.5 Å². The minimum Gasteiger partial charge on any atom is -0.481 e. The van der Waals surface area contributed by atoms with Crippen LogP contribution in [-0.4, -0.2) is 23.5 Å². The Kier molecular flexibility index (Phi) is 6.41. The average molecular weight is 331 g/mol. The van der Waals surface area contributed by atoms with E-state index in [1.165, 1.54) is 11.1 Å². The number of hydrogen-bond donors (Lipinski definition) is 2. The van der Waals surface area contributed by atoms with Crippen molar-refractivity contribution < 1.29 is 14.7 Å². The number of unbranched alkanes of at least 4 members (excludes halogenated alkanes) is 4. The van der Waals surface area contributed by atoms with Crippen molar-refractivity contribution in [1.82, 2.24) is 5.32 Å². The Bertz CT molecular complexity index is 570. The molecular weight excluding hydrogens is 302 g/mol. The molecule has 0 bridgehead atoms. The van der Waals surface area contributed by atoms with E-state index in [2.05, 4.69) is 37.4 Å². The third-order valence-corrected chi connectivity index (χ3v) is 4.81. The highest BCUT2D eigenvalue weighted by molar-refractivity contribution is 5.91. The number of carboxylic acid groups (broad SMARTS) is 1. The number of carbonyl (C=O) groups is 2. The minimum atomic E-state index is -0.719. The van der Waals surface area contributed by atoms with Crippen molar-refractivity contribution in [2.45, 2.75) is 70.6 Å². The third-order valence-electron chi connectivity index (χ3n) is 4.81. The number of carboxylic acids is 1.